The minimum atomic E-state index is -0.191. The van der Waals surface area contributed by atoms with Crippen LogP contribution in [-0.4, -0.2) is 45.7 Å². The van der Waals surface area contributed by atoms with Crippen molar-refractivity contribution in [1.29, 1.82) is 0 Å². The van der Waals surface area contributed by atoms with Crippen molar-refractivity contribution in [2.75, 3.05) is 23.7 Å². The van der Waals surface area contributed by atoms with E-state index in [9.17, 15) is 9.90 Å². The molecule has 9 heteroatoms. The van der Waals surface area contributed by atoms with Gasteiger partial charge in [-0.05, 0) is 65.4 Å². The Morgan fingerprint density at radius 2 is 1.92 bits per heavy atom. The number of phenolic OH excluding ortho intramolecular Hbond substituents is 1. The van der Waals surface area contributed by atoms with Gasteiger partial charge in [0.15, 0.2) is 11.5 Å². The molecule has 0 bridgehead atoms. The first-order valence-corrected chi connectivity index (χ1v) is 13.9. The second-order valence-corrected chi connectivity index (χ2v) is 10.5. The van der Waals surface area contributed by atoms with Gasteiger partial charge in [0.1, 0.15) is 5.75 Å². The Labute approximate surface area is 227 Å². The average molecular weight is 570 g/mol. The van der Waals surface area contributed by atoms with Crippen LogP contribution in [0.25, 0.3) is 0 Å². The molecule has 1 heterocycles. The number of nitrogens with two attached hydrogens (primary N) is 1. The van der Waals surface area contributed by atoms with Gasteiger partial charge in [-0.1, -0.05) is 55.7 Å². The number of phenols is 1. The van der Waals surface area contributed by atoms with Gasteiger partial charge in [0.05, 0.1) is 11.0 Å². The molecule has 4 rings (SSSR count). The lowest BCUT2D eigenvalue weighted by Gasteiger charge is -2.24. The van der Waals surface area contributed by atoms with Crippen molar-refractivity contribution < 1.29 is 9.90 Å². The van der Waals surface area contributed by atoms with Gasteiger partial charge >= 0.3 is 0 Å². The highest BCUT2D eigenvalue weighted by molar-refractivity contribution is 9.10. The second kappa shape index (κ2) is 13.0. The monoisotopic (exact) mass is 568 g/mol. The van der Waals surface area contributed by atoms with E-state index in [0.717, 1.165) is 24.8 Å². The number of halogens is 1. The Morgan fingerprint density at radius 1 is 1.16 bits per heavy atom. The number of aromatic nitrogens is 2. The van der Waals surface area contributed by atoms with E-state index in [1.165, 1.54) is 24.8 Å². The number of amides is 1. The fourth-order valence-corrected chi connectivity index (χ4v) is 5.22. The van der Waals surface area contributed by atoms with Crippen molar-refractivity contribution >= 4 is 33.6 Å². The highest BCUT2D eigenvalue weighted by Crippen LogP contribution is 2.29. The summed E-state index contributed by atoms with van der Waals surface area (Å²) < 4.78 is 2.54. The summed E-state index contributed by atoms with van der Waals surface area (Å²) in [6.45, 7) is 3.31. The molecule has 0 unspecified atom stereocenters. The van der Waals surface area contributed by atoms with Gasteiger partial charge in [-0.3, -0.25) is 9.36 Å². The molecule has 0 radical (unpaired) electrons. The van der Waals surface area contributed by atoms with E-state index in [1.807, 2.05) is 41.8 Å². The zero-order valence-corrected chi connectivity index (χ0v) is 22.9. The Kier molecular flexibility index (Phi) is 9.46. The highest BCUT2D eigenvalue weighted by atomic mass is 79.9. The number of carbonyl (C=O) groups excluding carboxylic acids is 1. The van der Waals surface area contributed by atoms with Crippen molar-refractivity contribution in [2.45, 2.75) is 64.1 Å². The van der Waals surface area contributed by atoms with E-state index in [1.54, 1.807) is 6.07 Å². The Bertz CT molecular complexity index is 1180. The Morgan fingerprint density at radius 3 is 2.62 bits per heavy atom. The van der Waals surface area contributed by atoms with Gasteiger partial charge < -0.3 is 26.8 Å². The SMILES string of the molecule is CCNC(=O)c1c(NC[C@H](N)Cc2ccccc2)nc(NC2CCCCC2)n1Cc1ccc(O)c(Br)c1. The summed E-state index contributed by atoms with van der Waals surface area (Å²) >= 11 is 3.41. The van der Waals surface area contributed by atoms with E-state index in [2.05, 4.69) is 44.0 Å². The lowest BCUT2D eigenvalue weighted by Crippen LogP contribution is -2.32. The smallest absolute Gasteiger partial charge is 0.271 e. The van der Waals surface area contributed by atoms with Crippen LogP contribution >= 0.6 is 15.9 Å². The summed E-state index contributed by atoms with van der Waals surface area (Å²) in [6, 6.07) is 15.7. The molecular weight excluding hydrogens is 532 g/mol. The molecule has 1 saturated carbocycles. The number of hydrogen-bond donors (Lipinski definition) is 5. The fraction of sp³-hybridized carbons (Fsp3) is 0.429. The zero-order valence-electron chi connectivity index (χ0n) is 21.3. The Hall–Kier alpha value is -3.04. The van der Waals surface area contributed by atoms with Gasteiger partial charge in [0.25, 0.3) is 5.91 Å². The van der Waals surface area contributed by atoms with Gasteiger partial charge in [-0.2, -0.15) is 4.98 Å². The molecule has 2 aromatic carbocycles. The molecule has 37 heavy (non-hydrogen) atoms. The Balaban J connectivity index is 1.64. The molecule has 3 aromatic rings. The molecule has 0 spiro atoms. The first-order chi connectivity index (χ1) is 17.9. The predicted octanol–water partition coefficient (Wildman–Crippen LogP) is 4.88. The van der Waals surface area contributed by atoms with Crippen LogP contribution in [0, 0.1) is 0 Å². The zero-order chi connectivity index (χ0) is 26.2. The van der Waals surface area contributed by atoms with Crippen LogP contribution in [0.2, 0.25) is 0 Å². The van der Waals surface area contributed by atoms with Crippen molar-refractivity contribution in [2.24, 2.45) is 5.73 Å². The molecule has 0 aliphatic heterocycles. The maximum Gasteiger partial charge on any atom is 0.271 e. The molecular formula is C28H37BrN6O2. The fourth-order valence-electron chi connectivity index (χ4n) is 4.79. The van der Waals surface area contributed by atoms with Gasteiger partial charge in [0, 0.05) is 25.2 Å². The minimum absolute atomic E-state index is 0.141. The van der Waals surface area contributed by atoms with Gasteiger partial charge in [0.2, 0.25) is 5.95 Å². The van der Waals surface area contributed by atoms with Crippen LogP contribution in [0.5, 0.6) is 5.75 Å². The van der Waals surface area contributed by atoms with Crippen LogP contribution in [0.15, 0.2) is 53.0 Å². The third-order valence-corrected chi connectivity index (χ3v) is 7.32. The number of nitrogens with one attached hydrogen (secondary N) is 3. The van der Waals surface area contributed by atoms with Gasteiger partial charge in [-0.25, -0.2) is 0 Å². The van der Waals surface area contributed by atoms with Crippen molar-refractivity contribution in [3.8, 4) is 5.75 Å². The van der Waals surface area contributed by atoms with Gasteiger partial charge in [-0.15, -0.1) is 0 Å². The van der Waals surface area contributed by atoms with E-state index >= 15 is 0 Å². The van der Waals surface area contributed by atoms with E-state index in [-0.39, 0.29) is 17.7 Å². The van der Waals surface area contributed by atoms with Crippen molar-refractivity contribution in [3.63, 3.8) is 0 Å². The predicted molar refractivity (Wildman–Crippen MR) is 152 cm³/mol. The number of benzene rings is 2. The highest BCUT2D eigenvalue weighted by Gasteiger charge is 2.25. The normalized spacial score (nSPS) is 14.8. The van der Waals surface area contributed by atoms with E-state index in [4.69, 9.17) is 10.7 Å². The number of rotatable bonds is 11. The molecule has 0 saturated heterocycles. The molecule has 1 aromatic heterocycles. The first kappa shape index (κ1) is 27.0. The van der Waals surface area contributed by atoms with Crippen LogP contribution in [0.4, 0.5) is 11.8 Å². The molecule has 6 N–H and O–H groups in total. The number of anilines is 2. The minimum Gasteiger partial charge on any atom is -0.507 e. The number of aromatic hydroxyl groups is 1. The number of hydrogen-bond acceptors (Lipinski definition) is 6. The molecule has 1 fully saturated rings. The topological polar surface area (TPSA) is 117 Å². The molecule has 1 atom stereocenters. The quantitative estimate of drug-likeness (QED) is 0.225. The van der Waals surface area contributed by atoms with E-state index in [0.29, 0.717) is 47.6 Å². The number of imidazole rings is 1. The first-order valence-electron chi connectivity index (χ1n) is 13.1. The van der Waals surface area contributed by atoms with Crippen LogP contribution in [0.1, 0.15) is 60.6 Å². The van der Waals surface area contributed by atoms with Crippen LogP contribution < -0.4 is 21.7 Å². The lowest BCUT2D eigenvalue weighted by atomic mass is 9.96. The summed E-state index contributed by atoms with van der Waals surface area (Å²) in [5.74, 6) is 1.17. The standard InChI is InChI=1S/C28H37BrN6O2/c1-2-31-27(37)25-26(32-17-21(30)15-19-9-5-3-6-10-19)34-28(33-22-11-7-4-8-12-22)35(25)18-20-13-14-24(36)23(29)16-20/h3,5-6,9-10,13-14,16,21-22,32,36H,2,4,7-8,11-12,15,17-18,30H2,1H3,(H,31,37)(H,33,34)/t21-/m1/s1. The molecule has 1 aliphatic carbocycles. The maximum atomic E-state index is 13.3. The largest absolute Gasteiger partial charge is 0.507 e. The molecule has 1 aliphatic rings. The summed E-state index contributed by atoms with van der Waals surface area (Å²) in [5.41, 5.74) is 9.02. The third kappa shape index (κ3) is 7.26. The molecule has 198 valence electrons. The number of carbonyl (C=O) groups is 1. The summed E-state index contributed by atoms with van der Waals surface area (Å²) in [5, 5.41) is 19.9. The summed E-state index contributed by atoms with van der Waals surface area (Å²) in [7, 11) is 0. The summed E-state index contributed by atoms with van der Waals surface area (Å²) in [4.78, 5) is 18.2. The molecule has 1 amide bonds. The maximum absolute atomic E-state index is 13.3. The van der Waals surface area contributed by atoms with Crippen LogP contribution in [-0.2, 0) is 13.0 Å². The molecule has 8 nitrogen and oxygen atoms in total. The lowest BCUT2D eigenvalue weighted by molar-refractivity contribution is 0.0948. The van der Waals surface area contributed by atoms with Crippen molar-refractivity contribution in [1.82, 2.24) is 14.9 Å². The van der Waals surface area contributed by atoms with Crippen LogP contribution in [0.3, 0.4) is 0 Å². The number of nitrogens with zero attached hydrogens (tertiary/aromatic N) is 2. The average Bonchev–Trinajstić information content (AvgIpc) is 3.23. The van der Waals surface area contributed by atoms with Crippen molar-refractivity contribution in [3.05, 3.63) is 69.8 Å². The second-order valence-electron chi connectivity index (χ2n) is 9.67. The summed E-state index contributed by atoms with van der Waals surface area (Å²) in [6.07, 6.45) is 6.51. The van der Waals surface area contributed by atoms with E-state index < -0.39 is 0 Å². The third-order valence-electron chi connectivity index (χ3n) is 6.68.